The molecule has 0 radical (unpaired) electrons. The van der Waals surface area contributed by atoms with Crippen LogP contribution in [-0.4, -0.2) is 7.05 Å². The minimum absolute atomic E-state index is 0.0129. The molecule has 0 aliphatic rings. The van der Waals surface area contributed by atoms with Gasteiger partial charge in [0.05, 0.1) is 10.0 Å². The van der Waals surface area contributed by atoms with Gasteiger partial charge in [-0.3, -0.25) is 0 Å². The molecule has 1 atom stereocenters. The number of halogens is 3. The van der Waals surface area contributed by atoms with Crippen LogP contribution in [0.1, 0.15) is 22.7 Å². The van der Waals surface area contributed by atoms with Crippen LogP contribution in [0.5, 0.6) is 0 Å². The molecular weight excluding hydrogens is 296 g/mol. The van der Waals surface area contributed by atoms with Crippen molar-refractivity contribution in [2.45, 2.75) is 19.4 Å². The van der Waals surface area contributed by atoms with Gasteiger partial charge >= 0.3 is 0 Å². The second-order valence-electron chi connectivity index (χ2n) is 4.77. The third kappa shape index (κ3) is 3.32. The molecule has 1 N–H and O–H groups in total. The molecule has 2 aromatic carbocycles. The molecule has 0 heterocycles. The summed E-state index contributed by atoms with van der Waals surface area (Å²) in [7, 11) is 1.85. The smallest absolute Gasteiger partial charge is 0.126 e. The van der Waals surface area contributed by atoms with Crippen molar-refractivity contribution in [1.29, 1.82) is 0 Å². The average molecular weight is 312 g/mol. The van der Waals surface area contributed by atoms with Crippen molar-refractivity contribution in [3.63, 3.8) is 0 Å². The van der Waals surface area contributed by atoms with Crippen LogP contribution in [0.3, 0.4) is 0 Å². The second kappa shape index (κ2) is 6.57. The Morgan fingerprint density at radius 1 is 1.20 bits per heavy atom. The van der Waals surface area contributed by atoms with Crippen molar-refractivity contribution in [2.75, 3.05) is 7.05 Å². The van der Waals surface area contributed by atoms with Crippen molar-refractivity contribution in [3.8, 4) is 0 Å². The van der Waals surface area contributed by atoms with Gasteiger partial charge < -0.3 is 5.32 Å². The summed E-state index contributed by atoms with van der Waals surface area (Å²) in [5.41, 5.74) is 2.48. The molecule has 2 aromatic rings. The minimum Gasteiger partial charge on any atom is -0.313 e. The fourth-order valence-electron chi connectivity index (χ4n) is 2.14. The minimum atomic E-state index is -0.194. The van der Waals surface area contributed by atoms with E-state index >= 15 is 0 Å². The monoisotopic (exact) mass is 311 g/mol. The Balaban J connectivity index is 2.28. The van der Waals surface area contributed by atoms with Crippen LogP contribution in [0.2, 0.25) is 10.0 Å². The summed E-state index contributed by atoms with van der Waals surface area (Å²) < 4.78 is 13.7. The molecule has 1 nitrogen and oxygen atoms in total. The highest BCUT2D eigenvalue weighted by molar-refractivity contribution is 6.42. The van der Waals surface area contributed by atoms with E-state index in [0.717, 1.165) is 11.1 Å². The molecule has 2 rings (SSSR count). The van der Waals surface area contributed by atoms with Crippen LogP contribution < -0.4 is 5.32 Å². The Kier molecular flexibility index (Phi) is 5.03. The fourth-order valence-corrected chi connectivity index (χ4v) is 2.54. The van der Waals surface area contributed by atoms with Gasteiger partial charge in [-0.25, -0.2) is 4.39 Å². The SMILES string of the molecule is CNC(Cc1cccc(Cl)c1Cl)c1ccc(C)c(F)c1. The molecule has 0 amide bonds. The van der Waals surface area contributed by atoms with Gasteiger partial charge in [0.15, 0.2) is 0 Å². The molecule has 0 saturated heterocycles. The van der Waals surface area contributed by atoms with Crippen LogP contribution >= 0.6 is 23.2 Å². The van der Waals surface area contributed by atoms with E-state index in [1.807, 2.05) is 25.2 Å². The first-order valence-electron chi connectivity index (χ1n) is 6.39. The van der Waals surface area contributed by atoms with Crippen molar-refractivity contribution in [1.82, 2.24) is 5.32 Å². The summed E-state index contributed by atoms with van der Waals surface area (Å²) in [4.78, 5) is 0. The van der Waals surface area contributed by atoms with Gasteiger partial charge in [-0.1, -0.05) is 47.5 Å². The molecule has 106 valence electrons. The van der Waals surface area contributed by atoms with Gasteiger partial charge in [-0.2, -0.15) is 0 Å². The first-order valence-corrected chi connectivity index (χ1v) is 7.14. The summed E-state index contributed by atoms with van der Waals surface area (Å²) in [5.74, 6) is -0.194. The van der Waals surface area contributed by atoms with E-state index in [4.69, 9.17) is 23.2 Å². The lowest BCUT2D eigenvalue weighted by Crippen LogP contribution is -2.19. The van der Waals surface area contributed by atoms with Crippen LogP contribution in [0.25, 0.3) is 0 Å². The lowest BCUT2D eigenvalue weighted by atomic mass is 9.98. The molecule has 0 fully saturated rings. The number of hydrogen-bond donors (Lipinski definition) is 1. The maximum atomic E-state index is 13.7. The Hall–Kier alpha value is -1.09. The molecule has 0 bridgehead atoms. The summed E-state index contributed by atoms with van der Waals surface area (Å²) in [6.07, 6.45) is 0.651. The normalized spacial score (nSPS) is 12.4. The van der Waals surface area contributed by atoms with Crippen molar-refractivity contribution in [3.05, 3.63) is 69.0 Å². The summed E-state index contributed by atoms with van der Waals surface area (Å²) in [6.45, 7) is 1.75. The van der Waals surface area contributed by atoms with Gasteiger partial charge in [0.1, 0.15) is 5.82 Å². The van der Waals surface area contributed by atoms with E-state index in [9.17, 15) is 4.39 Å². The maximum absolute atomic E-state index is 13.7. The summed E-state index contributed by atoms with van der Waals surface area (Å²) >= 11 is 12.2. The highest BCUT2D eigenvalue weighted by Crippen LogP contribution is 2.29. The number of nitrogens with one attached hydrogen (secondary N) is 1. The van der Waals surface area contributed by atoms with E-state index in [-0.39, 0.29) is 11.9 Å². The first kappa shape index (κ1) is 15.3. The van der Waals surface area contributed by atoms with E-state index in [1.165, 1.54) is 0 Å². The maximum Gasteiger partial charge on any atom is 0.126 e. The number of likely N-dealkylation sites (N-methyl/N-ethyl adjacent to an activating group) is 1. The molecule has 0 spiro atoms. The Bertz CT molecular complexity index is 613. The third-order valence-electron chi connectivity index (χ3n) is 3.40. The molecule has 0 aliphatic heterocycles. The zero-order valence-electron chi connectivity index (χ0n) is 11.4. The molecule has 0 aliphatic carbocycles. The Morgan fingerprint density at radius 2 is 1.95 bits per heavy atom. The molecule has 20 heavy (non-hydrogen) atoms. The van der Waals surface area contributed by atoms with Gasteiger partial charge in [-0.05, 0) is 49.2 Å². The highest BCUT2D eigenvalue weighted by Gasteiger charge is 2.14. The van der Waals surface area contributed by atoms with E-state index in [2.05, 4.69) is 5.32 Å². The first-order chi connectivity index (χ1) is 9.52. The van der Waals surface area contributed by atoms with Gasteiger partial charge in [0, 0.05) is 6.04 Å². The number of rotatable bonds is 4. The van der Waals surface area contributed by atoms with Crippen LogP contribution in [-0.2, 0) is 6.42 Å². The van der Waals surface area contributed by atoms with E-state index < -0.39 is 0 Å². The second-order valence-corrected chi connectivity index (χ2v) is 5.55. The van der Waals surface area contributed by atoms with Crippen LogP contribution in [0, 0.1) is 12.7 Å². The Labute approximate surface area is 128 Å². The predicted molar refractivity (Wildman–Crippen MR) is 83.1 cm³/mol. The standard InChI is InChI=1S/C16H16Cl2FN/c1-10-6-7-11(8-14(10)19)15(20-2)9-12-4-3-5-13(17)16(12)18/h3-8,15,20H,9H2,1-2H3. The lowest BCUT2D eigenvalue weighted by molar-refractivity contribution is 0.574. The summed E-state index contributed by atoms with van der Waals surface area (Å²) in [5, 5.41) is 4.29. The highest BCUT2D eigenvalue weighted by atomic mass is 35.5. The summed E-state index contributed by atoms with van der Waals surface area (Å²) in [6, 6.07) is 10.8. The number of benzene rings is 2. The Morgan fingerprint density at radius 3 is 2.60 bits per heavy atom. The third-order valence-corrected chi connectivity index (χ3v) is 4.26. The zero-order valence-corrected chi connectivity index (χ0v) is 12.9. The molecule has 1 unspecified atom stereocenters. The predicted octanol–water partition coefficient (Wildman–Crippen LogP) is 4.94. The van der Waals surface area contributed by atoms with Gasteiger partial charge in [-0.15, -0.1) is 0 Å². The van der Waals surface area contributed by atoms with Gasteiger partial charge in [0.25, 0.3) is 0 Å². The zero-order chi connectivity index (χ0) is 14.7. The topological polar surface area (TPSA) is 12.0 Å². The molecule has 4 heteroatoms. The number of aryl methyl sites for hydroxylation is 1. The van der Waals surface area contributed by atoms with E-state index in [1.54, 1.807) is 25.1 Å². The number of hydrogen-bond acceptors (Lipinski definition) is 1. The average Bonchev–Trinajstić information content (AvgIpc) is 2.44. The quantitative estimate of drug-likeness (QED) is 0.843. The van der Waals surface area contributed by atoms with Crippen LogP contribution in [0.4, 0.5) is 4.39 Å². The van der Waals surface area contributed by atoms with Gasteiger partial charge in [0.2, 0.25) is 0 Å². The molecular formula is C16H16Cl2FN. The van der Waals surface area contributed by atoms with Crippen molar-refractivity contribution >= 4 is 23.2 Å². The lowest BCUT2D eigenvalue weighted by Gasteiger charge is -2.18. The van der Waals surface area contributed by atoms with Crippen molar-refractivity contribution < 1.29 is 4.39 Å². The van der Waals surface area contributed by atoms with Crippen LogP contribution in [0.15, 0.2) is 36.4 Å². The molecule has 0 saturated carbocycles. The molecule has 0 aromatic heterocycles. The van der Waals surface area contributed by atoms with E-state index in [0.29, 0.717) is 22.0 Å². The van der Waals surface area contributed by atoms with Crippen molar-refractivity contribution in [2.24, 2.45) is 0 Å². The fraction of sp³-hybridized carbons (Fsp3) is 0.250. The largest absolute Gasteiger partial charge is 0.313 e.